The largest absolute Gasteiger partial charge is 0.393 e. The molecule has 0 saturated heterocycles. The Bertz CT molecular complexity index is 149. The third kappa shape index (κ3) is 2.46. The lowest BCUT2D eigenvalue weighted by Crippen LogP contribution is -2.30. The van der Waals surface area contributed by atoms with E-state index in [4.69, 9.17) is 0 Å². The Balaban J connectivity index is 2.35. The lowest BCUT2D eigenvalue weighted by Gasteiger charge is -2.23. The van der Waals surface area contributed by atoms with E-state index >= 15 is 0 Å². The third-order valence-electron chi connectivity index (χ3n) is 2.25. The highest BCUT2D eigenvalue weighted by atomic mass is 16.6. The van der Waals surface area contributed by atoms with E-state index in [1.165, 1.54) is 0 Å². The van der Waals surface area contributed by atoms with Crippen LogP contribution in [0.2, 0.25) is 0 Å². The molecular weight excluding hydrogens is 146 g/mol. The van der Waals surface area contributed by atoms with Crippen molar-refractivity contribution in [2.24, 2.45) is 5.92 Å². The van der Waals surface area contributed by atoms with Crippen molar-refractivity contribution >= 4 is 0 Å². The summed E-state index contributed by atoms with van der Waals surface area (Å²) in [5.41, 5.74) is 0. The van der Waals surface area contributed by atoms with Crippen molar-refractivity contribution in [3.8, 4) is 0 Å². The van der Waals surface area contributed by atoms with E-state index in [0.717, 1.165) is 25.7 Å². The van der Waals surface area contributed by atoms with Gasteiger partial charge in [0.25, 0.3) is 0 Å². The van der Waals surface area contributed by atoms with Gasteiger partial charge in [0.15, 0.2) is 0 Å². The SMILES string of the molecule is O=[N+]([O-])C[C@@H]1CCCC[C@H]1O. The molecule has 4 nitrogen and oxygen atoms in total. The third-order valence-corrected chi connectivity index (χ3v) is 2.25. The zero-order chi connectivity index (χ0) is 8.27. The maximum Gasteiger partial charge on any atom is 0.209 e. The van der Waals surface area contributed by atoms with Crippen molar-refractivity contribution in [2.45, 2.75) is 31.8 Å². The van der Waals surface area contributed by atoms with Gasteiger partial charge in [-0.05, 0) is 12.8 Å². The van der Waals surface area contributed by atoms with Gasteiger partial charge < -0.3 is 5.11 Å². The molecule has 1 fully saturated rings. The Morgan fingerprint density at radius 2 is 2.09 bits per heavy atom. The number of aliphatic hydroxyl groups is 1. The van der Waals surface area contributed by atoms with Crippen molar-refractivity contribution in [3.05, 3.63) is 10.1 Å². The Hall–Kier alpha value is -0.640. The summed E-state index contributed by atoms with van der Waals surface area (Å²) in [7, 11) is 0. The van der Waals surface area contributed by atoms with Gasteiger partial charge in [0.1, 0.15) is 0 Å². The monoisotopic (exact) mass is 159 g/mol. The second-order valence-electron chi connectivity index (χ2n) is 3.13. The van der Waals surface area contributed by atoms with Crippen LogP contribution in [0, 0.1) is 16.0 Å². The molecule has 0 radical (unpaired) electrons. The van der Waals surface area contributed by atoms with Gasteiger partial charge in [0, 0.05) is 10.8 Å². The molecule has 0 aliphatic heterocycles. The summed E-state index contributed by atoms with van der Waals surface area (Å²) in [5, 5.41) is 19.4. The summed E-state index contributed by atoms with van der Waals surface area (Å²) >= 11 is 0. The smallest absolute Gasteiger partial charge is 0.209 e. The molecule has 0 amide bonds. The first-order valence-electron chi connectivity index (χ1n) is 4.00. The van der Waals surface area contributed by atoms with Gasteiger partial charge in [-0.1, -0.05) is 12.8 Å². The number of hydrogen-bond acceptors (Lipinski definition) is 3. The topological polar surface area (TPSA) is 63.4 Å². The van der Waals surface area contributed by atoms with Crippen molar-refractivity contribution < 1.29 is 10.0 Å². The molecule has 2 atom stereocenters. The van der Waals surface area contributed by atoms with E-state index < -0.39 is 6.10 Å². The van der Waals surface area contributed by atoms with Gasteiger partial charge >= 0.3 is 0 Å². The van der Waals surface area contributed by atoms with Crippen molar-refractivity contribution in [3.63, 3.8) is 0 Å². The number of hydrogen-bond donors (Lipinski definition) is 1. The fourth-order valence-electron chi connectivity index (χ4n) is 1.59. The molecule has 0 aromatic heterocycles. The van der Waals surface area contributed by atoms with Gasteiger partial charge in [-0.25, -0.2) is 0 Å². The number of nitrogens with zero attached hydrogens (tertiary/aromatic N) is 1. The second-order valence-corrected chi connectivity index (χ2v) is 3.13. The minimum Gasteiger partial charge on any atom is -0.393 e. The summed E-state index contributed by atoms with van der Waals surface area (Å²) in [5.74, 6) is -0.0984. The van der Waals surface area contributed by atoms with Crippen LogP contribution < -0.4 is 0 Å². The Morgan fingerprint density at radius 1 is 1.45 bits per heavy atom. The van der Waals surface area contributed by atoms with E-state index in [1.807, 2.05) is 0 Å². The second kappa shape index (κ2) is 3.67. The van der Waals surface area contributed by atoms with Gasteiger partial charge in [-0.2, -0.15) is 0 Å². The Morgan fingerprint density at radius 3 is 2.64 bits per heavy atom. The highest BCUT2D eigenvalue weighted by Crippen LogP contribution is 2.24. The first kappa shape index (κ1) is 8.46. The first-order valence-corrected chi connectivity index (χ1v) is 4.00. The van der Waals surface area contributed by atoms with Crippen LogP contribution in [0.5, 0.6) is 0 Å². The van der Waals surface area contributed by atoms with Crippen LogP contribution >= 0.6 is 0 Å². The highest BCUT2D eigenvalue weighted by Gasteiger charge is 2.26. The fourth-order valence-corrected chi connectivity index (χ4v) is 1.59. The molecule has 1 aliphatic carbocycles. The van der Waals surface area contributed by atoms with Crippen LogP contribution in [0.4, 0.5) is 0 Å². The van der Waals surface area contributed by atoms with Crippen molar-refractivity contribution in [1.82, 2.24) is 0 Å². The van der Waals surface area contributed by atoms with Gasteiger partial charge in [-0.15, -0.1) is 0 Å². The molecule has 64 valence electrons. The molecule has 0 spiro atoms. The molecule has 1 N–H and O–H groups in total. The molecule has 11 heavy (non-hydrogen) atoms. The predicted octanol–water partition coefficient (Wildman–Crippen LogP) is 0.814. The molecule has 1 saturated carbocycles. The highest BCUT2D eigenvalue weighted by molar-refractivity contribution is 4.73. The summed E-state index contributed by atoms with van der Waals surface area (Å²) in [6.45, 7) is -0.0683. The Kier molecular flexibility index (Phi) is 2.82. The van der Waals surface area contributed by atoms with Crippen LogP contribution in [-0.2, 0) is 0 Å². The van der Waals surface area contributed by atoms with Crippen LogP contribution in [0.25, 0.3) is 0 Å². The minimum absolute atomic E-state index is 0.0683. The van der Waals surface area contributed by atoms with Crippen molar-refractivity contribution in [2.75, 3.05) is 6.54 Å². The molecule has 0 bridgehead atoms. The lowest BCUT2D eigenvalue weighted by molar-refractivity contribution is -0.491. The van der Waals surface area contributed by atoms with Gasteiger partial charge in [-0.3, -0.25) is 10.1 Å². The average molecular weight is 159 g/mol. The van der Waals surface area contributed by atoms with Crippen LogP contribution in [0.3, 0.4) is 0 Å². The summed E-state index contributed by atoms with van der Waals surface area (Å²) < 4.78 is 0. The first-order chi connectivity index (χ1) is 5.20. The molecule has 0 unspecified atom stereocenters. The molecule has 4 heteroatoms. The van der Waals surface area contributed by atoms with Gasteiger partial charge in [0.05, 0.1) is 6.10 Å². The minimum atomic E-state index is -0.436. The molecule has 1 rings (SSSR count). The Labute approximate surface area is 65.4 Å². The van der Waals surface area contributed by atoms with E-state index in [0.29, 0.717) is 0 Å². The molecule has 0 aromatic rings. The lowest BCUT2D eigenvalue weighted by atomic mass is 9.87. The number of aliphatic hydroxyl groups excluding tert-OH is 1. The summed E-state index contributed by atoms with van der Waals surface area (Å²) in [6.07, 6.45) is 3.14. The standard InChI is InChI=1S/C7H13NO3/c9-7-4-2-1-3-6(7)5-8(10)11/h6-7,9H,1-5H2/t6-,7+/m0/s1. The molecule has 0 aromatic carbocycles. The normalized spacial score (nSPS) is 31.7. The quantitative estimate of drug-likeness (QED) is 0.479. The van der Waals surface area contributed by atoms with Gasteiger partial charge in [0.2, 0.25) is 6.54 Å². The average Bonchev–Trinajstić information content (AvgIpc) is 1.93. The number of nitro groups is 1. The molecular formula is C7H13NO3. The molecule has 0 heterocycles. The van der Waals surface area contributed by atoms with Crippen LogP contribution in [0.15, 0.2) is 0 Å². The van der Waals surface area contributed by atoms with E-state index in [-0.39, 0.29) is 17.4 Å². The maximum atomic E-state index is 10.1. The zero-order valence-corrected chi connectivity index (χ0v) is 6.40. The van der Waals surface area contributed by atoms with Crippen LogP contribution in [0.1, 0.15) is 25.7 Å². The fraction of sp³-hybridized carbons (Fsp3) is 1.00. The maximum absolute atomic E-state index is 10.1. The van der Waals surface area contributed by atoms with E-state index in [2.05, 4.69) is 0 Å². The van der Waals surface area contributed by atoms with E-state index in [9.17, 15) is 15.2 Å². The zero-order valence-electron chi connectivity index (χ0n) is 6.40. The molecule has 1 aliphatic rings. The number of rotatable bonds is 2. The van der Waals surface area contributed by atoms with E-state index in [1.54, 1.807) is 0 Å². The summed E-state index contributed by atoms with van der Waals surface area (Å²) in [4.78, 5) is 9.77. The summed E-state index contributed by atoms with van der Waals surface area (Å²) in [6, 6.07) is 0. The van der Waals surface area contributed by atoms with Crippen LogP contribution in [-0.4, -0.2) is 22.7 Å². The predicted molar refractivity (Wildman–Crippen MR) is 39.8 cm³/mol. The van der Waals surface area contributed by atoms with Crippen molar-refractivity contribution in [1.29, 1.82) is 0 Å².